The number of thioether (sulfide) groups is 1. The lowest BCUT2D eigenvalue weighted by atomic mass is 10.2. The molecule has 0 saturated carbocycles. The molecule has 0 saturated heterocycles. The van der Waals surface area contributed by atoms with Gasteiger partial charge in [0.05, 0.1) is 10.9 Å². The molecule has 2 aromatic rings. The summed E-state index contributed by atoms with van der Waals surface area (Å²) in [7, 11) is 0. The van der Waals surface area contributed by atoms with Crippen molar-refractivity contribution >= 4 is 40.9 Å². The summed E-state index contributed by atoms with van der Waals surface area (Å²) in [6.07, 6.45) is 0.0660. The lowest BCUT2D eigenvalue weighted by Gasteiger charge is -2.23. The van der Waals surface area contributed by atoms with Crippen molar-refractivity contribution in [2.24, 2.45) is 0 Å². The van der Waals surface area contributed by atoms with Gasteiger partial charge in [0.2, 0.25) is 11.8 Å². The molecule has 2 aromatic carbocycles. The number of anilines is 2. The van der Waals surface area contributed by atoms with Crippen molar-refractivity contribution in [3.8, 4) is 5.75 Å². The van der Waals surface area contributed by atoms with Gasteiger partial charge in [0.15, 0.2) is 0 Å². The summed E-state index contributed by atoms with van der Waals surface area (Å²) in [5, 5.41) is 5.08. The van der Waals surface area contributed by atoms with Crippen LogP contribution in [0.3, 0.4) is 0 Å². The average Bonchev–Trinajstić information content (AvgIpc) is 2.57. The van der Waals surface area contributed by atoms with Crippen LogP contribution in [-0.4, -0.2) is 23.0 Å². The number of hydrogen-bond acceptors (Lipinski definition) is 5. The zero-order valence-corrected chi connectivity index (χ0v) is 14.3. The number of carbonyl (C=O) groups excluding carboxylic acids is 3. The normalized spacial score (nSPS) is 15.7. The molecule has 0 aromatic heterocycles. The zero-order chi connectivity index (χ0) is 17.8. The fraction of sp³-hybridized carbons (Fsp3) is 0.167. The summed E-state index contributed by atoms with van der Waals surface area (Å²) >= 11 is 1.38. The molecule has 2 N–H and O–H groups in total. The van der Waals surface area contributed by atoms with Gasteiger partial charge in [-0.3, -0.25) is 14.4 Å². The first-order valence-corrected chi connectivity index (χ1v) is 8.54. The summed E-state index contributed by atoms with van der Waals surface area (Å²) in [6.45, 7) is 1.32. The first kappa shape index (κ1) is 17.0. The van der Waals surface area contributed by atoms with Gasteiger partial charge in [0, 0.05) is 23.9 Å². The van der Waals surface area contributed by atoms with Crippen molar-refractivity contribution in [1.29, 1.82) is 0 Å². The Bertz CT molecular complexity index is 820. The van der Waals surface area contributed by atoms with Crippen LogP contribution >= 0.6 is 11.8 Å². The van der Waals surface area contributed by atoms with Crippen LogP contribution in [0.4, 0.5) is 11.4 Å². The van der Waals surface area contributed by atoms with Crippen molar-refractivity contribution in [3.63, 3.8) is 0 Å². The summed E-state index contributed by atoms with van der Waals surface area (Å²) in [4.78, 5) is 36.2. The third-order valence-corrected chi connectivity index (χ3v) is 4.75. The Labute approximate surface area is 148 Å². The fourth-order valence-corrected chi connectivity index (χ4v) is 3.49. The van der Waals surface area contributed by atoms with Gasteiger partial charge in [0.25, 0.3) is 0 Å². The van der Waals surface area contributed by atoms with Crippen LogP contribution in [0.2, 0.25) is 0 Å². The summed E-state index contributed by atoms with van der Waals surface area (Å²) in [5.74, 6) is -0.432. The topological polar surface area (TPSA) is 84.5 Å². The highest BCUT2D eigenvalue weighted by molar-refractivity contribution is 8.01. The molecule has 6 nitrogen and oxygen atoms in total. The standard InChI is InChI=1S/C18H16N2O4S/c1-11(21)24-13-8-6-12(7-9-13)19-17(22)10-16-18(23)20-14-4-2-3-5-15(14)25-16/h2-9,16H,10H2,1H3,(H,19,22)(H,20,23). The maximum absolute atomic E-state index is 12.2. The first-order chi connectivity index (χ1) is 12.0. The largest absolute Gasteiger partial charge is 0.427 e. The highest BCUT2D eigenvalue weighted by Gasteiger charge is 2.28. The molecule has 7 heteroatoms. The SMILES string of the molecule is CC(=O)Oc1ccc(NC(=O)CC2Sc3ccccc3NC2=O)cc1. The van der Waals surface area contributed by atoms with E-state index in [2.05, 4.69) is 10.6 Å². The maximum Gasteiger partial charge on any atom is 0.308 e. The number of nitrogens with one attached hydrogen (secondary N) is 2. The molecule has 25 heavy (non-hydrogen) atoms. The van der Waals surface area contributed by atoms with Crippen molar-refractivity contribution in [3.05, 3.63) is 48.5 Å². The van der Waals surface area contributed by atoms with Gasteiger partial charge in [-0.1, -0.05) is 12.1 Å². The minimum Gasteiger partial charge on any atom is -0.427 e. The number of ether oxygens (including phenoxy) is 1. The van der Waals surface area contributed by atoms with Crippen molar-refractivity contribution in [1.82, 2.24) is 0 Å². The monoisotopic (exact) mass is 356 g/mol. The van der Waals surface area contributed by atoms with Crippen molar-refractivity contribution in [2.75, 3.05) is 10.6 Å². The minimum atomic E-state index is -0.477. The third kappa shape index (κ3) is 4.39. The van der Waals surface area contributed by atoms with E-state index >= 15 is 0 Å². The Morgan fingerprint density at radius 2 is 1.88 bits per heavy atom. The molecule has 0 spiro atoms. The van der Waals surface area contributed by atoms with Crippen LogP contribution in [0.25, 0.3) is 0 Å². The zero-order valence-electron chi connectivity index (χ0n) is 13.4. The maximum atomic E-state index is 12.2. The van der Waals surface area contributed by atoms with E-state index in [9.17, 15) is 14.4 Å². The highest BCUT2D eigenvalue weighted by Crippen LogP contribution is 2.36. The predicted octanol–water partition coefficient (Wildman–Crippen LogP) is 3.05. The van der Waals surface area contributed by atoms with E-state index in [1.165, 1.54) is 18.7 Å². The van der Waals surface area contributed by atoms with Crippen LogP contribution in [-0.2, 0) is 14.4 Å². The second-order valence-electron chi connectivity index (χ2n) is 5.46. The molecule has 0 radical (unpaired) electrons. The van der Waals surface area contributed by atoms with Crippen LogP contribution in [0.5, 0.6) is 5.75 Å². The van der Waals surface area contributed by atoms with Crippen molar-refractivity contribution in [2.45, 2.75) is 23.5 Å². The van der Waals surface area contributed by atoms with E-state index in [1.807, 2.05) is 24.3 Å². The molecule has 1 aliphatic rings. The Morgan fingerprint density at radius 1 is 1.16 bits per heavy atom. The molecule has 1 heterocycles. The third-order valence-electron chi connectivity index (χ3n) is 3.48. The summed E-state index contributed by atoms with van der Waals surface area (Å²) in [6, 6.07) is 14.0. The van der Waals surface area contributed by atoms with Gasteiger partial charge < -0.3 is 15.4 Å². The van der Waals surface area contributed by atoms with Gasteiger partial charge in [-0.2, -0.15) is 0 Å². The summed E-state index contributed by atoms with van der Waals surface area (Å²) in [5.41, 5.74) is 1.35. The molecule has 1 atom stereocenters. The van der Waals surface area contributed by atoms with E-state index in [0.29, 0.717) is 11.4 Å². The second-order valence-corrected chi connectivity index (χ2v) is 6.71. The predicted molar refractivity (Wildman–Crippen MR) is 95.7 cm³/mol. The Kier molecular flexibility index (Phi) is 5.04. The van der Waals surface area contributed by atoms with Crippen LogP contribution in [0, 0.1) is 0 Å². The Balaban J connectivity index is 1.59. The molecule has 1 unspecified atom stereocenters. The lowest BCUT2D eigenvalue weighted by Crippen LogP contribution is -2.32. The minimum absolute atomic E-state index is 0.0660. The molecule has 0 aliphatic carbocycles. The summed E-state index contributed by atoms with van der Waals surface area (Å²) < 4.78 is 4.94. The quantitative estimate of drug-likeness (QED) is 0.650. The van der Waals surface area contributed by atoms with E-state index in [1.54, 1.807) is 24.3 Å². The number of esters is 1. The van der Waals surface area contributed by atoms with E-state index in [-0.39, 0.29) is 18.2 Å². The number of hydrogen-bond donors (Lipinski definition) is 2. The molecule has 0 fully saturated rings. The molecular formula is C18H16N2O4S. The van der Waals surface area contributed by atoms with Crippen LogP contribution in [0.15, 0.2) is 53.4 Å². The highest BCUT2D eigenvalue weighted by atomic mass is 32.2. The van der Waals surface area contributed by atoms with Crippen molar-refractivity contribution < 1.29 is 19.1 Å². The van der Waals surface area contributed by atoms with Gasteiger partial charge in [-0.25, -0.2) is 0 Å². The number of benzene rings is 2. The average molecular weight is 356 g/mol. The van der Waals surface area contributed by atoms with E-state index in [4.69, 9.17) is 4.74 Å². The first-order valence-electron chi connectivity index (χ1n) is 7.66. The molecule has 128 valence electrons. The molecule has 1 aliphatic heterocycles. The Morgan fingerprint density at radius 3 is 2.60 bits per heavy atom. The van der Waals surface area contributed by atoms with Crippen LogP contribution < -0.4 is 15.4 Å². The van der Waals surface area contributed by atoms with Gasteiger partial charge in [-0.05, 0) is 36.4 Å². The number of carbonyl (C=O) groups is 3. The molecule has 0 bridgehead atoms. The van der Waals surface area contributed by atoms with Crippen LogP contribution in [0.1, 0.15) is 13.3 Å². The molecule has 3 rings (SSSR count). The van der Waals surface area contributed by atoms with Gasteiger partial charge >= 0.3 is 5.97 Å². The number of fused-ring (bicyclic) bond motifs is 1. The van der Waals surface area contributed by atoms with E-state index < -0.39 is 11.2 Å². The fourth-order valence-electron chi connectivity index (χ4n) is 2.38. The van der Waals surface area contributed by atoms with Gasteiger partial charge in [-0.15, -0.1) is 11.8 Å². The number of amides is 2. The number of rotatable bonds is 4. The lowest BCUT2D eigenvalue weighted by molar-refractivity contribution is -0.131. The number of para-hydroxylation sites is 1. The van der Waals surface area contributed by atoms with E-state index in [0.717, 1.165) is 10.6 Å². The molecule has 2 amide bonds. The second kappa shape index (κ2) is 7.40. The smallest absolute Gasteiger partial charge is 0.308 e. The van der Waals surface area contributed by atoms with Gasteiger partial charge in [0.1, 0.15) is 5.75 Å². The Hall–Kier alpha value is -2.80. The molecular weight excluding hydrogens is 340 g/mol.